The Balaban J connectivity index is 0. The minimum Gasteiger partial charge on any atom is -0.252 e. The van der Waals surface area contributed by atoms with Gasteiger partial charge in [0.05, 0.1) is 26.7 Å². The topological polar surface area (TPSA) is 86.2 Å². The minimum atomic E-state index is -1.18. The molecule has 14 heavy (non-hydrogen) atoms. The van der Waals surface area contributed by atoms with E-state index in [1.165, 1.54) is 0 Å². The zero-order valence-electron chi connectivity index (χ0n) is 9.41. The van der Waals surface area contributed by atoms with Gasteiger partial charge in [-0.3, -0.25) is 10.3 Å². The zero-order chi connectivity index (χ0) is 11.8. The maximum atomic E-state index is 10.4. The Bertz CT molecular complexity index is 190. The third kappa shape index (κ3) is 14.7. The van der Waals surface area contributed by atoms with Crippen molar-refractivity contribution in [1.82, 2.24) is 0 Å². The SMILES string of the molecule is CC(C)(C)S(N)=O.CCCCS(N)=O. The molecular formula is C8H22N2O2S2. The van der Waals surface area contributed by atoms with E-state index in [0.717, 1.165) is 12.8 Å². The van der Waals surface area contributed by atoms with E-state index in [1.54, 1.807) is 0 Å². The van der Waals surface area contributed by atoms with Gasteiger partial charge in [-0.25, -0.2) is 8.42 Å². The molecule has 2 unspecified atom stereocenters. The molecule has 4 N–H and O–H groups in total. The van der Waals surface area contributed by atoms with Crippen LogP contribution in [0.2, 0.25) is 0 Å². The first-order chi connectivity index (χ1) is 6.21. The van der Waals surface area contributed by atoms with Crippen molar-refractivity contribution in [1.29, 1.82) is 0 Å². The maximum absolute atomic E-state index is 10.4. The lowest BCUT2D eigenvalue weighted by Gasteiger charge is -2.11. The lowest BCUT2D eigenvalue weighted by Crippen LogP contribution is -2.27. The summed E-state index contributed by atoms with van der Waals surface area (Å²) in [6.45, 7) is 7.56. The molecule has 0 amide bonds. The first kappa shape index (κ1) is 16.6. The van der Waals surface area contributed by atoms with Gasteiger partial charge in [0, 0.05) is 5.75 Å². The molecule has 6 heteroatoms. The van der Waals surface area contributed by atoms with E-state index in [9.17, 15) is 8.42 Å². The van der Waals surface area contributed by atoms with Crippen molar-refractivity contribution in [3.8, 4) is 0 Å². The number of rotatable bonds is 3. The van der Waals surface area contributed by atoms with Gasteiger partial charge in [0.1, 0.15) is 0 Å². The van der Waals surface area contributed by atoms with E-state index in [1.807, 2.05) is 27.7 Å². The number of unbranched alkanes of at least 4 members (excludes halogenated alkanes) is 1. The predicted octanol–water partition coefficient (Wildman–Crippen LogP) is 0.816. The van der Waals surface area contributed by atoms with Gasteiger partial charge < -0.3 is 0 Å². The number of hydrogen-bond donors (Lipinski definition) is 2. The fourth-order valence-corrected chi connectivity index (χ4v) is 0.860. The van der Waals surface area contributed by atoms with Gasteiger partial charge in [0.15, 0.2) is 0 Å². The van der Waals surface area contributed by atoms with Gasteiger partial charge in [-0.15, -0.1) is 0 Å². The van der Waals surface area contributed by atoms with Crippen LogP contribution in [0.1, 0.15) is 40.5 Å². The summed E-state index contributed by atoms with van der Waals surface area (Å²) in [5.74, 6) is 0.649. The van der Waals surface area contributed by atoms with Crippen LogP contribution in [0.4, 0.5) is 0 Å². The van der Waals surface area contributed by atoms with Gasteiger partial charge in [0.25, 0.3) is 0 Å². The average Bonchev–Trinajstić information content (AvgIpc) is 2.00. The second-order valence-corrected chi connectivity index (χ2v) is 6.84. The molecule has 0 saturated heterocycles. The molecule has 0 aliphatic carbocycles. The molecule has 4 nitrogen and oxygen atoms in total. The number of nitrogens with two attached hydrogens (primary N) is 2. The van der Waals surface area contributed by atoms with E-state index in [4.69, 9.17) is 10.3 Å². The number of hydrogen-bond acceptors (Lipinski definition) is 2. The third-order valence-corrected chi connectivity index (χ3v) is 3.20. The molecule has 0 aromatic carbocycles. The fraction of sp³-hybridized carbons (Fsp3) is 1.00. The van der Waals surface area contributed by atoms with Gasteiger partial charge >= 0.3 is 0 Å². The van der Waals surface area contributed by atoms with Crippen LogP contribution >= 0.6 is 0 Å². The first-order valence-electron chi connectivity index (χ1n) is 4.50. The summed E-state index contributed by atoms with van der Waals surface area (Å²) in [7, 11) is -2.25. The van der Waals surface area contributed by atoms with Crippen LogP contribution in [0.3, 0.4) is 0 Å². The normalized spacial score (nSPS) is 15.3. The highest BCUT2D eigenvalue weighted by Gasteiger charge is 2.14. The van der Waals surface area contributed by atoms with Crippen molar-refractivity contribution < 1.29 is 8.42 Å². The molecule has 0 fully saturated rings. The van der Waals surface area contributed by atoms with E-state index < -0.39 is 22.0 Å². The third-order valence-electron chi connectivity index (χ3n) is 1.30. The quantitative estimate of drug-likeness (QED) is 0.767. The van der Waals surface area contributed by atoms with Crippen molar-refractivity contribution >= 4 is 22.0 Å². The fourth-order valence-electron chi connectivity index (χ4n) is 0.287. The van der Waals surface area contributed by atoms with Crippen LogP contribution in [-0.2, 0) is 22.0 Å². The Morgan fingerprint density at radius 3 is 1.57 bits per heavy atom. The van der Waals surface area contributed by atoms with Crippen molar-refractivity contribution in [3.05, 3.63) is 0 Å². The van der Waals surface area contributed by atoms with Crippen molar-refractivity contribution in [2.24, 2.45) is 10.3 Å². The molecule has 0 aromatic heterocycles. The molecule has 0 aliphatic heterocycles. The lowest BCUT2D eigenvalue weighted by molar-refractivity contribution is 0.650. The Hall–Kier alpha value is 0.220. The zero-order valence-corrected chi connectivity index (χ0v) is 11.0. The smallest absolute Gasteiger partial charge is 0.0942 e. The molecule has 0 bridgehead atoms. The van der Waals surface area contributed by atoms with E-state index in [0.29, 0.717) is 5.75 Å². The molecule has 0 heterocycles. The summed E-state index contributed by atoms with van der Waals surface area (Å²) in [6.07, 6.45) is 2.05. The predicted molar refractivity (Wildman–Crippen MR) is 64.2 cm³/mol. The summed E-state index contributed by atoms with van der Waals surface area (Å²) < 4.78 is 20.2. The van der Waals surface area contributed by atoms with Crippen LogP contribution in [0.25, 0.3) is 0 Å². The Morgan fingerprint density at radius 1 is 1.14 bits per heavy atom. The maximum Gasteiger partial charge on any atom is 0.0942 e. The van der Waals surface area contributed by atoms with Crippen LogP contribution in [0.15, 0.2) is 0 Å². The lowest BCUT2D eigenvalue weighted by atomic mass is 10.3. The molecule has 0 aliphatic rings. The van der Waals surface area contributed by atoms with Crippen molar-refractivity contribution in [2.75, 3.05) is 5.75 Å². The summed E-state index contributed by atoms with van der Waals surface area (Å²) in [5.41, 5.74) is 0. The summed E-state index contributed by atoms with van der Waals surface area (Å²) in [6, 6.07) is 0. The molecular weight excluding hydrogens is 220 g/mol. The summed E-state index contributed by atoms with van der Waals surface area (Å²) >= 11 is 0. The Labute approximate surface area is 92.0 Å². The minimum absolute atomic E-state index is 0.250. The summed E-state index contributed by atoms with van der Waals surface area (Å²) in [4.78, 5) is 0. The second-order valence-electron chi connectivity index (χ2n) is 3.85. The largest absolute Gasteiger partial charge is 0.252 e. The molecule has 88 valence electrons. The standard InChI is InChI=1S/2C4H11NOS/c1-4(2,3)7(5)6;1-2-3-4-7(5)6/h5H2,1-3H3;2-5H2,1H3. The van der Waals surface area contributed by atoms with Crippen LogP contribution in [0.5, 0.6) is 0 Å². The molecule has 0 rings (SSSR count). The van der Waals surface area contributed by atoms with Gasteiger partial charge in [-0.1, -0.05) is 13.3 Å². The molecule has 0 saturated carbocycles. The van der Waals surface area contributed by atoms with Gasteiger partial charge in [0.2, 0.25) is 0 Å². The first-order valence-corrected chi connectivity index (χ1v) is 7.10. The van der Waals surface area contributed by atoms with E-state index >= 15 is 0 Å². The van der Waals surface area contributed by atoms with E-state index in [-0.39, 0.29) is 4.75 Å². The Kier molecular flexibility index (Phi) is 10.1. The molecule has 0 spiro atoms. The van der Waals surface area contributed by atoms with Gasteiger partial charge in [-0.2, -0.15) is 0 Å². The second kappa shape index (κ2) is 8.52. The van der Waals surface area contributed by atoms with Gasteiger partial charge in [-0.05, 0) is 27.2 Å². The summed E-state index contributed by atoms with van der Waals surface area (Å²) in [5, 5.41) is 9.99. The monoisotopic (exact) mass is 242 g/mol. The highest BCUT2D eigenvalue weighted by atomic mass is 32.2. The Morgan fingerprint density at radius 2 is 1.50 bits per heavy atom. The van der Waals surface area contributed by atoms with Crippen LogP contribution < -0.4 is 10.3 Å². The van der Waals surface area contributed by atoms with Crippen LogP contribution in [0, 0.1) is 0 Å². The highest BCUT2D eigenvalue weighted by Crippen LogP contribution is 2.04. The molecule has 0 aromatic rings. The van der Waals surface area contributed by atoms with Crippen LogP contribution in [-0.4, -0.2) is 18.9 Å². The van der Waals surface area contributed by atoms with Crippen molar-refractivity contribution in [2.45, 2.75) is 45.3 Å². The van der Waals surface area contributed by atoms with Crippen molar-refractivity contribution in [3.63, 3.8) is 0 Å². The molecule has 0 radical (unpaired) electrons. The average molecular weight is 242 g/mol. The highest BCUT2D eigenvalue weighted by molar-refractivity contribution is 7.84. The van der Waals surface area contributed by atoms with E-state index in [2.05, 4.69) is 0 Å². The molecule has 2 atom stereocenters.